The molecular weight excluding hydrogens is 387 g/mol. The van der Waals surface area contributed by atoms with Crippen LogP contribution in [-0.2, 0) is 0 Å². The average Bonchev–Trinajstić information content (AvgIpc) is 3.03. The predicted octanol–water partition coefficient (Wildman–Crippen LogP) is 4.80. The largest absolute Gasteiger partial charge is 0.232 e. The highest BCUT2D eigenvalue weighted by Crippen LogP contribution is 2.29. The van der Waals surface area contributed by atoms with E-state index >= 15 is 0 Å². The molecule has 3 aromatic rings. The minimum absolute atomic E-state index is 0.412. The first-order valence-corrected chi connectivity index (χ1v) is 10.5. The molecule has 108 valence electrons. The van der Waals surface area contributed by atoms with Crippen LogP contribution in [0.4, 0.5) is 11.4 Å². The lowest BCUT2D eigenvalue weighted by Crippen LogP contribution is -1.95. The van der Waals surface area contributed by atoms with E-state index in [1.807, 2.05) is 25.1 Å². The highest BCUT2D eigenvalue weighted by Gasteiger charge is 2.05. The summed E-state index contributed by atoms with van der Waals surface area (Å²) in [6, 6.07) is 5.85. The molecule has 21 heavy (non-hydrogen) atoms. The van der Waals surface area contributed by atoms with E-state index in [0.717, 1.165) is 16.9 Å². The summed E-state index contributed by atoms with van der Waals surface area (Å²) in [7, 11) is 5.47. The van der Waals surface area contributed by atoms with Crippen LogP contribution in [0.5, 0.6) is 0 Å². The van der Waals surface area contributed by atoms with Crippen LogP contribution >= 0.6 is 65.0 Å². The Morgan fingerprint density at radius 3 is 2.00 bits per heavy atom. The molecule has 4 nitrogen and oxygen atoms in total. The molecule has 3 rings (SSSR count). The van der Waals surface area contributed by atoms with Gasteiger partial charge in [-0.2, -0.15) is 8.75 Å². The molecule has 0 aliphatic heterocycles. The minimum atomic E-state index is 0.412. The van der Waals surface area contributed by atoms with Gasteiger partial charge in [0.05, 0.1) is 11.4 Å². The Morgan fingerprint density at radius 2 is 1.48 bits per heavy atom. The second kappa shape index (κ2) is 6.64. The maximum Gasteiger partial charge on any atom is 0.179 e. The van der Waals surface area contributed by atoms with Crippen molar-refractivity contribution < 1.29 is 0 Å². The third-order valence-electron chi connectivity index (χ3n) is 2.40. The van der Waals surface area contributed by atoms with E-state index in [1.54, 1.807) is 0 Å². The molecule has 1 aromatic carbocycles. The van der Waals surface area contributed by atoms with Crippen LogP contribution in [0.1, 0.15) is 5.56 Å². The van der Waals surface area contributed by atoms with Gasteiger partial charge in [0.2, 0.25) is 0 Å². The number of aromatic nitrogens is 2. The Balaban J connectivity index is 2.20. The molecule has 2 heterocycles. The lowest BCUT2D eigenvalue weighted by Gasteiger charge is -2.00. The molecule has 10 heteroatoms. The topological polar surface area (TPSA) is 50.5 Å². The van der Waals surface area contributed by atoms with Gasteiger partial charge in [-0.15, -0.1) is 0 Å². The molecule has 0 aliphatic rings. The van der Waals surface area contributed by atoms with E-state index in [1.165, 1.54) is 41.8 Å². The maximum absolute atomic E-state index is 6.01. The van der Waals surface area contributed by atoms with Gasteiger partial charge < -0.3 is 0 Å². The fourth-order valence-corrected chi connectivity index (χ4v) is 5.46. The van der Waals surface area contributed by atoms with Crippen molar-refractivity contribution in [3.63, 3.8) is 0 Å². The number of rotatable bonds is 2. The van der Waals surface area contributed by atoms with Crippen molar-refractivity contribution in [3.05, 3.63) is 43.4 Å². The summed E-state index contributed by atoms with van der Waals surface area (Å²) in [5, 5.41) is 0.824. The molecule has 0 aliphatic carbocycles. The van der Waals surface area contributed by atoms with Crippen LogP contribution in [0.25, 0.3) is 0 Å². The zero-order valence-electron chi connectivity index (χ0n) is 10.4. The number of halogens is 2. The normalized spacial score (nSPS) is 13.1. The van der Waals surface area contributed by atoms with Crippen LogP contribution in [0, 0.1) is 6.92 Å². The predicted molar refractivity (Wildman–Crippen MR) is 91.6 cm³/mol. The Kier molecular flexibility index (Phi) is 4.82. The molecule has 0 spiro atoms. The lowest BCUT2D eigenvalue weighted by molar-refractivity contribution is 1.30. The first kappa shape index (κ1) is 15.3. The SMILES string of the molecule is Cc1ccc(N=c2ssnc2Cl)c(N=c2ssnc2Cl)c1. The van der Waals surface area contributed by atoms with Crippen LogP contribution in [0.2, 0.25) is 10.3 Å². The third kappa shape index (κ3) is 3.58. The quantitative estimate of drug-likeness (QED) is 0.587. The standard InChI is InChI=1S/C11H6Cl2N4S4/c1-5-2-3-6(14-10-8(12)16-20-18-10)7(4-5)15-11-9(13)17-21-19-11/h2-4H,1H3. The Labute approximate surface area is 144 Å². The Bertz CT molecular complexity index is 905. The summed E-state index contributed by atoms with van der Waals surface area (Å²) < 4.78 is 9.42. The van der Waals surface area contributed by atoms with E-state index in [4.69, 9.17) is 23.2 Å². The van der Waals surface area contributed by atoms with Crippen molar-refractivity contribution >= 4 is 76.3 Å². The summed E-state index contributed by atoms with van der Waals surface area (Å²) in [6.45, 7) is 2.00. The maximum atomic E-state index is 6.01. The van der Waals surface area contributed by atoms with Crippen molar-refractivity contribution in [1.82, 2.24) is 8.75 Å². The van der Waals surface area contributed by atoms with Gasteiger partial charge in [-0.05, 0) is 45.3 Å². The molecule has 0 bridgehead atoms. The van der Waals surface area contributed by atoms with Gasteiger partial charge in [0.15, 0.2) is 19.6 Å². The first-order chi connectivity index (χ1) is 10.1. The zero-order valence-corrected chi connectivity index (χ0v) is 15.2. The highest BCUT2D eigenvalue weighted by molar-refractivity contribution is 7.66. The van der Waals surface area contributed by atoms with Crippen LogP contribution < -0.4 is 9.34 Å². The monoisotopic (exact) mass is 392 g/mol. The van der Waals surface area contributed by atoms with Crippen molar-refractivity contribution in [2.24, 2.45) is 9.98 Å². The molecule has 0 saturated heterocycles. The summed E-state index contributed by atoms with van der Waals surface area (Å²) in [5.74, 6) is 0. The van der Waals surface area contributed by atoms with Gasteiger partial charge in [-0.1, -0.05) is 29.3 Å². The number of aryl methyl sites for hydroxylation is 1. The van der Waals surface area contributed by atoms with Crippen molar-refractivity contribution in [1.29, 1.82) is 0 Å². The molecule has 0 saturated carbocycles. The lowest BCUT2D eigenvalue weighted by atomic mass is 10.2. The fraction of sp³-hybridized carbons (Fsp3) is 0.0909. The number of benzene rings is 1. The fourth-order valence-electron chi connectivity index (χ4n) is 1.49. The minimum Gasteiger partial charge on any atom is -0.232 e. The van der Waals surface area contributed by atoms with Crippen LogP contribution in [-0.4, -0.2) is 8.75 Å². The number of nitrogens with zero attached hydrogens (tertiary/aromatic N) is 4. The Hall–Kier alpha value is -0.640. The van der Waals surface area contributed by atoms with Gasteiger partial charge in [0, 0.05) is 21.1 Å². The molecular formula is C11H6Cl2N4S4. The van der Waals surface area contributed by atoms with E-state index in [9.17, 15) is 0 Å². The summed E-state index contributed by atoms with van der Waals surface area (Å²) in [6.07, 6.45) is 0. The molecule has 2 aromatic heterocycles. The summed E-state index contributed by atoms with van der Waals surface area (Å²) in [5.41, 5.74) is 2.56. The molecule has 0 radical (unpaired) electrons. The molecule has 0 N–H and O–H groups in total. The van der Waals surface area contributed by atoms with E-state index in [2.05, 4.69) is 18.7 Å². The first-order valence-electron chi connectivity index (χ1n) is 5.56. The van der Waals surface area contributed by atoms with Gasteiger partial charge in [-0.25, -0.2) is 9.98 Å². The smallest absolute Gasteiger partial charge is 0.179 e. The van der Waals surface area contributed by atoms with Crippen molar-refractivity contribution in [2.75, 3.05) is 0 Å². The van der Waals surface area contributed by atoms with Crippen molar-refractivity contribution in [2.45, 2.75) is 6.92 Å². The summed E-state index contributed by atoms with van der Waals surface area (Å²) >= 11 is 12.0. The zero-order chi connectivity index (χ0) is 14.8. The molecule has 0 fully saturated rings. The number of hydrogen-bond acceptors (Lipinski definition) is 8. The van der Waals surface area contributed by atoms with Crippen LogP contribution in [0.3, 0.4) is 0 Å². The Morgan fingerprint density at radius 1 is 0.905 bits per heavy atom. The van der Waals surface area contributed by atoms with Crippen molar-refractivity contribution in [3.8, 4) is 0 Å². The van der Waals surface area contributed by atoms with Gasteiger partial charge in [-0.3, -0.25) is 0 Å². The van der Waals surface area contributed by atoms with E-state index in [0.29, 0.717) is 19.6 Å². The second-order valence-corrected chi connectivity index (χ2v) is 8.29. The molecule has 0 unspecified atom stereocenters. The molecule has 0 amide bonds. The third-order valence-corrected chi connectivity index (χ3v) is 6.74. The van der Waals surface area contributed by atoms with E-state index < -0.39 is 0 Å². The van der Waals surface area contributed by atoms with Gasteiger partial charge in [0.1, 0.15) is 0 Å². The second-order valence-electron chi connectivity index (χ2n) is 3.91. The highest BCUT2D eigenvalue weighted by atomic mass is 35.5. The van der Waals surface area contributed by atoms with Gasteiger partial charge in [0.25, 0.3) is 0 Å². The van der Waals surface area contributed by atoms with Gasteiger partial charge >= 0.3 is 0 Å². The molecule has 0 atom stereocenters. The summed E-state index contributed by atoms with van der Waals surface area (Å²) in [4.78, 5) is 9.09. The average molecular weight is 393 g/mol. The number of hydrogen-bond donors (Lipinski definition) is 0. The van der Waals surface area contributed by atoms with Crippen LogP contribution in [0.15, 0.2) is 28.2 Å². The van der Waals surface area contributed by atoms with E-state index in [-0.39, 0.29) is 0 Å².